The van der Waals surface area contributed by atoms with Crippen LogP contribution in [0.2, 0.25) is 0 Å². The van der Waals surface area contributed by atoms with Crippen molar-refractivity contribution < 1.29 is 13.9 Å². The second kappa shape index (κ2) is 13.5. The SMILES string of the molecule is O=C(NC(CF)Cc1ccccc1)c1cccc2c1OCCC2NCc1cncn1Cc1ccc(-c2ccccc2)cc1. The lowest BCUT2D eigenvalue weighted by Crippen LogP contribution is -2.38. The van der Waals surface area contributed by atoms with Gasteiger partial charge in [0.25, 0.3) is 5.91 Å². The zero-order valence-electron chi connectivity index (χ0n) is 24.0. The van der Waals surface area contributed by atoms with Crippen LogP contribution in [-0.2, 0) is 19.5 Å². The van der Waals surface area contributed by atoms with Gasteiger partial charge in [-0.2, -0.15) is 0 Å². The van der Waals surface area contributed by atoms with Gasteiger partial charge in [-0.25, -0.2) is 9.37 Å². The van der Waals surface area contributed by atoms with Gasteiger partial charge < -0.3 is 19.9 Å². The van der Waals surface area contributed by atoms with Crippen molar-refractivity contribution in [3.05, 3.63) is 144 Å². The molecule has 6 rings (SSSR count). The Hall–Kier alpha value is -4.75. The number of nitrogens with zero attached hydrogens (tertiary/aromatic N) is 2. The van der Waals surface area contributed by atoms with Crippen LogP contribution in [0, 0.1) is 0 Å². The Morgan fingerprint density at radius 3 is 2.42 bits per heavy atom. The Bertz CT molecular complexity index is 1640. The molecule has 5 aromatic rings. The van der Waals surface area contributed by atoms with Gasteiger partial charge in [-0.15, -0.1) is 0 Å². The number of ether oxygens (including phenoxy) is 1. The number of benzene rings is 4. The average molecular weight is 575 g/mol. The molecule has 0 saturated carbocycles. The number of carbonyl (C=O) groups excluding carboxylic acids is 1. The van der Waals surface area contributed by atoms with Gasteiger partial charge in [0.05, 0.1) is 30.2 Å². The molecule has 1 amide bonds. The predicted molar refractivity (Wildman–Crippen MR) is 167 cm³/mol. The Labute approximate surface area is 251 Å². The van der Waals surface area contributed by atoms with Gasteiger partial charge in [0.15, 0.2) is 0 Å². The molecule has 0 spiro atoms. The molecular weight excluding hydrogens is 539 g/mol. The molecule has 0 fully saturated rings. The summed E-state index contributed by atoms with van der Waals surface area (Å²) in [5, 5.41) is 6.52. The molecule has 43 heavy (non-hydrogen) atoms. The Morgan fingerprint density at radius 2 is 1.65 bits per heavy atom. The molecule has 0 aliphatic carbocycles. The van der Waals surface area contributed by atoms with Gasteiger partial charge in [0.1, 0.15) is 12.4 Å². The van der Waals surface area contributed by atoms with E-state index >= 15 is 0 Å². The van der Waals surface area contributed by atoms with Crippen molar-refractivity contribution in [2.45, 2.75) is 38.0 Å². The number of imidazole rings is 1. The van der Waals surface area contributed by atoms with E-state index in [1.165, 1.54) is 16.7 Å². The maximum Gasteiger partial charge on any atom is 0.255 e. The number of alkyl halides is 1. The van der Waals surface area contributed by atoms with E-state index in [1.807, 2.05) is 61.1 Å². The number of hydrogen-bond acceptors (Lipinski definition) is 4. The van der Waals surface area contributed by atoms with Crippen LogP contribution in [0.25, 0.3) is 11.1 Å². The minimum atomic E-state index is -0.647. The van der Waals surface area contributed by atoms with Gasteiger partial charge >= 0.3 is 0 Å². The Balaban J connectivity index is 1.10. The van der Waals surface area contributed by atoms with E-state index in [0.717, 1.165) is 29.8 Å². The van der Waals surface area contributed by atoms with Gasteiger partial charge in [-0.3, -0.25) is 4.79 Å². The minimum absolute atomic E-state index is 0.00583. The van der Waals surface area contributed by atoms with E-state index in [4.69, 9.17) is 4.74 Å². The van der Waals surface area contributed by atoms with Crippen LogP contribution < -0.4 is 15.4 Å². The summed E-state index contributed by atoms with van der Waals surface area (Å²) in [6, 6.07) is 33.6. The first-order chi connectivity index (χ1) is 21.2. The summed E-state index contributed by atoms with van der Waals surface area (Å²) in [4.78, 5) is 17.7. The fraction of sp³-hybridized carbons (Fsp3) is 0.222. The molecule has 0 radical (unpaired) electrons. The molecule has 2 heterocycles. The number of hydrogen-bond donors (Lipinski definition) is 2. The summed E-state index contributed by atoms with van der Waals surface area (Å²) in [6.45, 7) is 1.17. The first-order valence-electron chi connectivity index (χ1n) is 14.7. The second-order valence-electron chi connectivity index (χ2n) is 10.9. The fourth-order valence-corrected chi connectivity index (χ4v) is 5.62. The van der Waals surface area contributed by atoms with E-state index in [0.29, 0.717) is 30.9 Å². The molecule has 1 aliphatic rings. The number of nitrogens with one attached hydrogen (secondary N) is 2. The third kappa shape index (κ3) is 6.84. The topological polar surface area (TPSA) is 68.2 Å². The molecule has 2 atom stereocenters. The zero-order valence-corrected chi connectivity index (χ0v) is 24.0. The normalized spacial score (nSPS) is 14.9. The lowest BCUT2D eigenvalue weighted by molar-refractivity contribution is 0.0924. The number of halogens is 1. The lowest BCUT2D eigenvalue weighted by Gasteiger charge is -2.28. The van der Waals surface area contributed by atoms with E-state index in [1.54, 1.807) is 6.07 Å². The summed E-state index contributed by atoms with van der Waals surface area (Å²) in [5.74, 6) is 0.237. The molecule has 218 valence electrons. The molecule has 2 unspecified atom stereocenters. The molecular formula is C36H35FN4O2. The summed E-state index contributed by atoms with van der Waals surface area (Å²) in [5.41, 5.74) is 7.00. The van der Waals surface area contributed by atoms with Crippen LogP contribution in [0.5, 0.6) is 5.75 Å². The highest BCUT2D eigenvalue weighted by Gasteiger charge is 2.27. The van der Waals surface area contributed by atoms with Crippen LogP contribution in [0.15, 0.2) is 116 Å². The molecule has 0 saturated heterocycles. The first-order valence-corrected chi connectivity index (χ1v) is 14.7. The minimum Gasteiger partial charge on any atom is -0.492 e. The van der Waals surface area contributed by atoms with Crippen molar-refractivity contribution >= 4 is 5.91 Å². The van der Waals surface area contributed by atoms with Crippen LogP contribution in [0.3, 0.4) is 0 Å². The van der Waals surface area contributed by atoms with Crippen LogP contribution >= 0.6 is 0 Å². The molecule has 0 bridgehead atoms. The molecule has 1 aliphatic heterocycles. The number of amides is 1. The van der Waals surface area contributed by atoms with Gasteiger partial charge in [-0.05, 0) is 34.7 Å². The smallest absolute Gasteiger partial charge is 0.255 e. The molecule has 7 heteroatoms. The van der Waals surface area contributed by atoms with Crippen molar-refractivity contribution in [3.63, 3.8) is 0 Å². The van der Waals surface area contributed by atoms with Crippen molar-refractivity contribution in [3.8, 4) is 16.9 Å². The van der Waals surface area contributed by atoms with Crippen LogP contribution in [0.4, 0.5) is 4.39 Å². The number of para-hydroxylation sites is 1. The van der Waals surface area contributed by atoms with Crippen molar-refractivity contribution in [2.24, 2.45) is 0 Å². The van der Waals surface area contributed by atoms with Gasteiger partial charge in [-0.1, -0.05) is 97.1 Å². The monoisotopic (exact) mass is 574 g/mol. The maximum absolute atomic E-state index is 13.9. The van der Waals surface area contributed by atoms with Gasteiger partial charge in [0.2, 0.25) is 0 Å². The third-order valence-electron chi connectivity index (χ3n) is 7.91. The summed E-state index contributed by atoms with van der Waals surface area (Å²) >= 11 is 0. The summed E-state index contributed by atoms with van der Waals surface area (Å²) in [7, 11) is 0. The highest BCUT2D eigenvalue weighted by molar-refractivity contribution is 5.97. The number of aromatic nitrogens is 2. The van der Waals surface area contributed by atoms with E-state index < -0.39 is 12.7 Å². The second-order valence-corrected chi connectivity index (χ2v) is 10.9. The molecule has 2 N–H and O–H groups in total. The van der Waals surface area contributed by atoms with E-state index in [-0.39, 0.29) is 11.9 Å². The van der Waals surface area contributed by atoms with Crippen molar-refractivity contribution in [1.29, 1.82) is 0 Å². The quantitative estimate of drug-likeness (QED) is 0.188. The van der Waals surface area contributed by atoms with E-state index in [9.17, 15) is 9.18 Å². The average Bonchev–Trinajstić information content (AvgIpc) is 3.51. The number of fused-ring (bicyclic) bond motifs is 1. The first kappa shape index (κ1) is 28.4. The third-order valence-corrected chi connectivity index (χ3v) is 7.91. The summed E-state index contributed by atoms with van der Waals surface area (Å²) in [6.07, 6.45) is 4.95. The molecule has 4 aromatic carbocycles. The molecule has 1 aromatic heterocycles. The standard InChI is InChI=1S/C36H35FN4O2/c37-21-30(20-26-8-3-1-4-9-26)40-36(42)33-13-7-12-32-34(18-19-43-35(32)33)39-23-31-22-38-25-41(31)24-27-14-16-29(17-15-27)28-10-5-2-6-11-28/h1-17,22,25,30,34,39H,18-21,23-24H2,(H,40,42). The number of carbonyl (C=O) groups is 1. The van der Waals surface area contributed by atoms with Crippen LogP contribution in [-0.4, -0.2) is 34.8 Å². The Morgan fingerprint density at radius 1 is 0.907 bits per heavy atom. The highest BCUT2D eigenvalue weighted by Crippen LogP contribution is 2.35. The van der Waals surface area contributed by atoms with Crippen LogP contribution in [0.1, 0.15) is 45.2 Å². The predicted octanol–water partition coefficient (Wildman–Crippen LogP) is 6.52. The molecule has 6 nitrogen and oxygen atoms in total. The Kier molecular flexibility index (Phi) is 8.90. The maximum atomic E-state index is 13.9. The largest absolute Gasteiger partial charge is 0.492 e. The zero-order chi connectivity index (χ0) is 29.4. The van der Waals surface area contributed by atoms with E-state index in [2.05, 4.69) is 68.7 Å². The van der Waals surface area contributed by atoms with Gasteiger partial charge in [0, 0.05) is 37.3 Å². The van der Waals surface area contributed by atoms with Crippen molar-refractivity contribution in [1.82, 2.24) is 20.2 Å². The highest BCUT2D eigenvalue weighted by atomic mass is 19.1. The lowest BCUT2D eigenvalue weighted by atomic mass is 9.96. The fourth-order valence-electron chi connectivity index (χ4n) is 5.62. The van der Waals surface area contributed by atoms with Crippen molar-refractivity contribution in [2.75, 3.05) is 13.3 Å². The summed E-state index contributed by atoms with van der Waals surface area (Å²) < 4.78 is 22.0. The number of rotatable bonds is 11.